The Kier molecular flexibility index (Phi) is 4.74. The molecule has 0 aliphatic rings. The van der Waals surface area contributed by atoms with Crippen LogP contribution in [0.25, 0.3) is 0 Å². The number of rotatable bonds is 4. The fourth-order valence-corrected chi connectivity index (χ4v) is 1.40. The van der Waals surface area contributed by atoms with Crippen LogP contribution in [-0.4, -0.2) is 28.1 Å². The molecule has 1 heterocycles. The quantitative estimate of drug-likeness (QED) is 0.830. The highest BCUT2D eigenvalue weighted by Gasteiger charge is 2.24. The maximum atomic E-state index is 11.9. The lowest BCUT2D eigenvalue weighted by Gasteiger charge is -2.27. The van der Waals surface area contributed by atoms with Gasteiger partial charge >= 0.3 is 0 Å². The summed E-state index contributed by atoms with van der Waals surface area (Å²) in [4.78, 5) is 15.7. The molecule has 0 spiro atoms. The second kappa shape index (κ2) is 5.67. The van der Waals surface area contributed by atoms with E-state index in [4.69, 9.17) is 23.2 Å². The summed E-state index contributed by atoms with van der Waals surface area (Å²) in [6.45, 7) is 3.50. The lowest BCUT2D eigenvalue weighted by Crippen LogP contribution is -2.48. The Labute approximate surface area is 110 Å². The number of hydrogen-bond acceptors (Lipinski definition) is 3. The van der Waals surface area contributed by atoms with Crippen molar-refractivity contribution in [3.63, 3.8) is 0 Å². The van der Waals surface area contributed by atoms with Crippen molar-refractivity contribution in [2.45, 2.75) is 25.8 Å². The molecule has 4 nitrogen and oxygen atoms in total. The van der Waals surface area contributed by atoms with Crippen LogP contribution in [0, 0.1) is 0 Å². The molecule has 0 radical (unpaired) electrons. The highest BCUT2D eigenvalue weighted by Crippen LogP contribution is 2.20. The molecule has 0 saturated carbocycles. The molecule has 1 atom stereocenters. The number of pyridine rings is 1. The van der Waals surface area contributed by atoms with Crippen LogP contribution in [0.5, 0.6) is 0 Å². The van der Waals surface area contributed by atoms with Crippen molar-refractivity contribution in [3.05, 3.63) is 28.0 Å². The van der Waals surface area contributed by atoms with Crippen LogP contribution in [0.15, 0.2) is 12.3 Å². The third-order valence-electron chi connectivity index (χ3n) is 2.60. The number of aliphatic hydroxyl groups is 1. The van der Waals surface area contributed by atoms with Gasteiger partial charge in [-0.3, -0.25) is 4.79 Å². The Morgan fingerprint density at radius 1 is 1.59 bits per heavy atom. The summed E-state index contributed by atoms with van der Waals surface area (Å²) in [5.41, 5.74) is -0.337. The van der Waals surface area contributed by atoms with Gasteiger partial charge in [0, 0.05) is 6.20 Å². The molecular weight excluding hydrogens is 263 g/mol. The van der Waals surface area contributed by atoms with Crippen LogP contribution in [0.4, 0.5) is 0 Å². The van der Waals surface area contributed by atoms with E-state index in [1.54, 1.807) is 6.92 Å². The second-order valence-electron chi connectivity index (χ2n) is 4.02. The van der Waals surface area contributed by atoms with Crippen LogP contribution < -0.4 is 5.32 Å². The molecule has 6 heteroatoms. The van der Waals surface area contributed by atoms with Crippen LogP contribution in [0.1, 0.15) is 30.6 Å². The highest BCUT2D eigenvalue weighted by atomic mass is 35.5. The van der Waals surface area contributed by atoms with Crippen molar-refractivity contribution in [3.8, 4) is 0 Å². The maximum Gasteiger partial charge on any atom is 0.253 e. The van der Waals surface area contributed by atoms with Gasteiger partial charge in [0.25, 0.3) is 5.91 Å². The van der Waals surface area contributed by atoms with Gasteiger partial charge < -0.3 is 10.4 Å². The van der Waals surface area contributed by atoms with Gasteiger partial charge in [-0.25, -0.2) is 4.98 Å². The van der Waals surface area contributed by atoms with E-state index in [-0.39, 0.29) is 22.7 Å². The molecule has 1 aromatic heterocycles. The Bertz CT molecular complexity index is 420. The Morgan fingerprint density at radius 2 is 2.24 bits per heavy atom. The lowest BCUT2D eigenvalue weighted by molar-refractivity contribution is 0.0847. The minimum atomic E-state index is -0.650. The van der Waals surface area contributed by atoms with Gasteiger partial charge in [0.15, 0.2) is 0 Å². The monoisotopic (exact) mass is 276 g/mol. The molecule has 94 valence electrons. The van der Waals surface area contributed by atoms with Gasteiger partial charge in [0.1, 0.15) is 5.15 Å². The molecule has 0 aliphatic carbocycles. The molecule has 1 unspecified atom stereocenters. The zero-order chi connectivity index (χ0) is 13.1. The van der Waals surface area contributed by atoms with E-state index in [9.17, 15) is 9.90 Å². The Hall–Kier alpha value is -0.840. The number of aromatic nitrogens is 1. The number of hydrogen-bond donors (Lipinski definition) is 2. The summed E-state index contributed by atoms with van der Waals surface area (Å²) in [6.07, 6.45) is 1.96. The first-order valence-corrected chi connectivity index (χ1v) is 5.92. The molecule has 0 saturated heterocycles. The third kappa shape index (κ3) is 3.56. The predicted molar refractivity (Wildman–Crippen MR) is 67.5 cm³/mol. The molecule has 17 heavy (non-hydrogen) atoms. The Morgan fingerprint density at radius 3 is 2.71 bits per heavy atom. The first kappa shape index (κ1) is 14.2. The van der Waals surface area contributed by atoms with Crippen LogP contribution in [0.2, 0.25) is 10.2 Å². The zero-order valence-electron chi connectivity index (χ0n) is 9.63. The third-order valence-corrected chi connectivity index (χ3v) is 3.29. The van der Waals surface area contributed by atoms with Gasteiger partial charge in [-0.2, -0.15) is 0 Å². The van der Waals surface area contributed by atoms with E-state index in [1.165, 1.54) is 12.3 Å². The number of carbonyl (C=O) groups excluding carboxylic acids is 1. The number of halogens is 2. The second-order valence-corrected chi connectivity index (χ2v) is 4.79. The molecule has 0 aromatic carbocycles. The standard InChI is InChI=1S/C11H14Cl2N2O2/c1-3-11(2,6-16)15-10(17)7-4-8(12)9(13)14-5-7/h4-5,16H,3,6H2,1-2H3,(H,15,17). The molecule has 1 amide bonds. The normalized spacial score (nSPS) is 14.2. The van der Waals surface area contributed by atoms with E-state index in [1.807, 2.05) is 6.92 Å². The smallest absolute Gasteiger partial charge is 0.253 e. The van der Waals surface area contributed by atoms with E-state index >= 15 is 0 Å². The first-order chi connectivity index (χ1) is 7.91. The fraction of sp³-hybridized carbons (Fsp3) is 0.455. The predicted octanol–water partition coefficient (Wildman–Crippen LogP) is 2.28. The fourth-order valence-electron chi connectivity index (χ4n) is 1.13. The van der Waals surface area contributed by atoms with Crippen LogP contribution >= 0.6 is 23.2 Å². The van der Waals surface area contributed by atoms with E-state index in [2.05, 4.69) is 10.3 Å². The summed E-state index contributed by atoms with van der Waals surface area (Å²) in [7, 11) is 0. The van der Waals surface area contributed by atoms with Crippen molar-refractivity contribution in [2.24, 2.45) is 0 Å². The van der Waals surface area contributed by atoms with E-state index in [0.717, 1.165) is 0 Å². The average Bonchev–Trinajstić information content (AvgIpc) is 2.32. The summed E-state index contributed by atoms with van der Waals surface area (Å²) < 4.78 is 0. The SMILES string of the molecule is CCC(C)(CO)NC(=O)c1cnc(Cl)c(Cl)c1. The van der Waals surface area contributed by atoms with Crippen molar-refractivity contribution < 1.29 is 9.90 Å². The number of nitrogens with zero attached hydrogens (tertiary/aromatic N) is 1. The average molecular weight is 277 g/mol. The van der Waals surface area contributed by atoms with Gasteiger partial charge in [-0.05, 0) is 19.4 Å². The Balaban J connectivity index is 2.86. The van der Waals surface area contributed by atoms with E-state index < -0.39 is 5.54 Å². The van der Waals surface area contributed by atoms with Gasteiger partial charge in [-0.1, -0.05) is 30.1 Å². The summed E-state index contributed by atoms with van der Waals surface area (Å²) in [5, 5.41) is 12.3. The van der Waals surface area contributed by atoms with Crippen molar-refractivity contribution in [2.75, 3.05) is 6.61 Å². The van der Waals surface area contributed by atoms with Crippen molar-refractivity contribution in [1.29, 1.82) is 0 Å². The van der Waals surface area contributed by atoms with Crippen molar-refractivity contribution in [1.82, 2.24) is 10.3 Å². The zero-order valence-corrected chi connectivity index (χ0v) is 11.1. The molecule has 1 rings (SSSR count). The molecule has 0 fully saturated rings. The van der Waals surface area contributed by atoms with Crippen molar-refractivity contribution >= 4 is 29.1 Å². The van der Waals surface area contributed by atoms with E-state index in [0.29, 0.717) is 12.0 Å². The summed E-state index contributed by atoms with van der Waals surface area (Å²) >= 11 is 11.4. The van der Waals surface area contributed by atoms with Crippen LogP contribution in [-0.2, 0) is 0 Å². The molecule has 0 bridgehead atoms. The highest BCUT2D eigenvalue weighted by molar-refractivity contribution is 6.41. The molecule has 0 aliphatic heterocycles. The van der Waals surface area contributed by atoms with Crippen LogP contribution in [0.3, 0.4) is 0 Å². The van der Waals surface area contributed by atoms with Gasteiger partial charge in [0.2, 0.25) is 0 Å². The lowest BCUT2D eigenvalue weighted by atomic mass is 10.00. The number of aliphatic hydroxyl groups excluding tert-OH is 1. The number of carbonyl (C=O) groups is 1. The minimum absolute atomic E-state index is 0.135. The van der Waals surface area contributed by atoms with Gasteiger partial charge in [-0.15, -0.1) is 0 Å². The molecular formula is C11H14Cl2N2O2. The number of amides is 1. The summed E-state index contributed by atoms with van der Waals surface area (Å²) in [6, 6.07) is 1.44. The number of nitrogens with one attached hydrogen (secondary N) is 1. The molecule has 1 aromatic rings. The largest absolute Gasteiger partial charge is 0.394 e. The minimum Gasteiger partial charge on any atom is -0.394 e. The first-order valence-electron chi connectivity index (χ1n) is 5.16. The topological polar surface area (TPSA) is 62.2 Å². The molecule has 2 N–H and O–H groups in total. The van der Waals surface area contributed by atoms with Gasteiger partial charge in [0.05, 0.1) is 22.7 Å². The maximum absolute atomic E-state index is 11.9. The summed E-state index contributed by atoms with van der Waals surface area (Å²) in [5.74, 6) is -0.338.